The summed E-state index contributed by atoms with van der Waals surface area (Å²) >= 11 is 7.35. The Balaban J connectivity index is 2.25. The Bertz CT molecular complexity index is 595. The quantitative estimate of drug-likeness (QED) is 0.781. The van der Waals surface area contributed by atoms with Crippen LogP contribution in [0.3, 0.4) is 0 Å². The summed E-state index contributed by atoms with van der Waals surface area (Å²) in [6, 6.07) is 9.02. The summed E-state index contributed by atoms with van der Waals surface area (Å²) in [4.78, 5) is 1.04. The molecule has 0 saturated heterocycles. The molecular weight excluding hydrogens is 319 g/mol. The Morgan fingerprint density at radius 1 is 1.24 bits per heavy atom. The predicted octanol–water partition coefficient (Wildman–Crippen LogP) is 5.31. The molecule has 114 valence electrons. The molecule has 0 spiro atoms. The van der Waals surface area contributed by atoms with Crippen LogP contribution in [0.4, 0.5) is 13.2 Å². The molecular formula is C15H15ClF3NS. The average molecular weight is 334 g/mol. The number of hydrogen-bond acceptors (Lipinski definition) is 2. The summed E-state index contributed by atoms with van der Waals surface area (Å²) in [5.74, 6) is 0. The molecule has 0 aliphatic rings. The Labute approximate surface area is 130 Å². The second kappa shape index (κ2) is 6.81. The van der Waals surface area contributed by atoms with Crippen LogP contribution in [0.1, 0.15) is 29.0 Å². The number of thiophene rings is 1. The molecule has 1 aromatic carbocycles. The molecule has 2 aromatic rings. The standard InChI is InChI=1S/C15H15ClF3NS/c1-2-20-13(9-12-6-7-14(16)21-12)10-4-3-5-11(8-10)15(17,18)19/h3-8,13,20H,2,9H2,1H3. The van der Waals surface area contributed by atoms with Gasteiger partial charge in [-0.2, -0.15) is 13.2 Å². The van der Waals surface area contributed by atoms with E-state index in [1.807, 2.05) is 13.0 Å². The van der Waals surface area contributed by atoms with Gasteiger partial charge in [-0.1, -0.05) is 30.7 Å². The van der Waals surface area contributed by atoms with E-state index in [0.29, 0.717) is 22.9 Å². The van der Waals surface area contributed by atoms with E-state index in [1.165, 1.54) is 23.5 Å². The number of halogens is 4. The Morgan fingerprint density at radius 2 is 2.00 bits per heavy atom. The molecule has 1 N–H and O–H groups in total. The molecule has 1 nitrogen and oxygen atoms in total. The molecule has 0 aliphatic heterocycles. The van der Waals surface area contributed by atoms with E-state index in [4.69, 9.17) is 11.6 Å². The first-order valence-electron chi connectivity index (χ1n) is 6.55. The molecule has 2 rings (SSSR count). The maximum Gasteiger partial charge on any atom is 0.416 e. The van der Waals surface area contributed by atoms with Gasteiger partial charge in [-0.3, -0.25) is 0 Å². The maximum atomic E-state index is 12.8. The number of nitrogens with one attached hydrogen (secondary N) is 1. The van der Waals surface area contributed by atoms with Crippen LogP contribution in [0.2, 0.25) is 4.34 Å². The second-order valence-corrected chi connectivity index (χ2v) is 6.44. The predicted molar refractivity (Wildman–Crippen MR) is 80.9 cm³/mol. The molecule has 1 aromatic heterocycles. The fourth-order valence-electron chi connectivity index (χ4n) is 2.15. The van der Waals surface area contributed by atoms with Gasteiger partial charge in [-0.05, 0) is 36.4 Å². The lowest BCUT2D eigenvalue weighted by Gasteiger charge is -2.19. The first kappa shape index (κ1) is 16.3. The van der Waals surface area contributed by atoms with Crippen molar-refractivity contribution in [1.82, 2.24) is 5.32 Å². The van der Waals surface area contributed by atoms with Gasteiger partial charge in [-0.15, -0.1) is 11.3 Å². The topological polar surface area (TPSA) is 12.0 Å². The molecule has 6 heteroatoms. The van der Waals surface area contributed by atoms with Gasteiger partial charge in [0.1, 0.15) is 0 Å². The molecule has 21 heavy (non-hydrogen) atoms. The van der Waals surface area contributed by atoms with Crippen LogP contribution in [0.15, 0.2) is 36.4 Å². The number of rotatable bonds is 5. The highest BCUT2D eigenvalue weighted by Gasteiger charge is 2.31. The van der Waals surface area contributed by atoms with Crippen LogP contribution >= 0.6 is 22.9 Å². The van der Waals surface area contributed by atoms with Crippen LogP contribution < -0.4 is 5.32 Å². The molecule has 0 fully saturated rings. The number of likely N-dealkylation sites (N-methyl/N-ethyl adjacent to an activating group) is 1. The van der Waals surface area contributed by atoms with Gasteiger partial charge in [0.05, 0.1) is 9.90 Å². The first-order valence-corrected chi connectivity index (χ1v) is 7.74. The summed E-state index contributed by atoms with van der Waals surface area (Å²) in [5, 5.41) is 3.23. The smallest absolute Gasteiger partial charge is 0.310 e. The van der Waals surface area contributed by atoms with Crippen LogP contribution in [0.25, 0.3) is 0 Å². The molecule has 1 heterocycles. The summed E-state index contributed by atoms with van der Waals surface area (Å²) in [7, 11) is 0. The van der Waals surface area contributed by atoms with Crippen molar-refractivity contribution >= 4 is 22.9 Å². The van der Waals surface area contributed by atoms with Crippen molar-refractivity contribution in [2.45, 2.75) is 25.6 Å². The zero-order chi connectivity index (χ0) is 15.5. The highest BCUT2D eigenvalue weighted by atomic mass is 35.5. The van der Waals surface area contributed by atoms with Crippen LogP contribution in [-0.4, -0.2) is 6.54 Å². The minimum Gasteiger partial charge on any atom is -0.310 e. The lowest BCUT2D eigenvalue weighted by Crippen LogP contribution is -2.23. The third kappa shape index (κ3) is 4.46. The summed E-state index contributed by atoms with van der Waals surface area (Å²) in [6.07, 6.45) is -3.70. The van der Waals surface area contributed by atoms with E-state index < -0.39 is 11.7 Å². The zero-order valence-electron chi connectivity index (χ0n) is 11.4. The lowest BCUT2D eigenvalue weighted by atomic mass is 10.0. The van der Waals surface area contributed by atoms with Crippen molar-refractivity contribution in [2.24, 2.45) is 0 Å². The molecule has 0 bridgehead atoms. The molecule has 1 unspecified atom stereocenters. The van der Waals surface area contributed by atoms with Crippen molar-refractivity contribution in [3.8, 4) is 0 Å². The van der Waals surface area contributed by atoms with Gasteiger partial charge in [0.15, 0.2) is 0 Å². The zero-order valence-corrected chi connectivity index (χ0v) is 12.9. The van der Waals surface area contributed by atoms with Crippen molar-refractivity contribution < 1.29 is 13.2 Å². The Kier molecular flexibility index (Phi) is 5.30. The maximum absolute atomic E-state index is 12.8. The fourth-order valence-corrected chi connectivity index (χ4v) is 3.28. The van der Waals surface area contributed by atoms with Crippen molar-refractivity contribution in [2.75, 3.05) is 6.54 Å². The van der Waals surface area contributed by atoms with Gasteiger partial charge < -0.3 is 5.32 Å². The fraction of sp³-hybridized carbons (Fsp3) is 0.333. The van der Waals surface area contributed by atoms with E-state index in [1.54, 1.807) is 12.1 Å². The van der Waals surface area contributed by atoms with Crippen LogP contribution in [0.5, 0.6) is 0 Å². The summed E-state index contributed by atoms with van der Waals surface area (Å²) < 4.78 is 39.1. The van der Waals surface area contributed by atoms with Crippen molar-refractivity contribution in [1.29, 1.82) is 0 Å². The van der Waals surface area contributed by atoms with Crippen molar-refractivity contribution in [3.63, 3.8) is 0 Å². The summed E-state index contributed by atoms with van der Waals surface area (Å²) in [6.45, 7) is 2.61. The number of alkyl halides is 3. The van der Waals surface area contributed by atoms with Crippen LogP contribution in [0, 0.1) is 0 Å². The summed E-state index contributed by atoms with van der Waals surface area (Å²) in [5.41, 5.74) is 0.0170. The SMILES string of the molecule is CCNC(Cc1ccc(Cl)s1)c1cccc(C(F)(F)F)c1. The molecule has 0 amide bonds. The van der Waals surface area contributed by atoms with E-state index in [0.717, 1.165) is 10.9 Å². The number of benzene rings is 1. The number of hydrogen-bond donors (Lipinski definition) is 1. The normalized spacial score (nSPS) is 13.4. The lowest BCUT2D eigenvalue weighted by molar-refractivity contribution is -0.137. The monoisotopic (exact) mass is 333 g/mol. The minimum absolute atomic E-state index is 0.160. The second-order valence-electron chi connectivity index (χ2n) is 4.64. The minimum atomic E-state index is -4.32. The largest absolute Gasteiger partial charge is 0.416 e. The van der Waals surface area contributed by atoms with Gasteiger partial charge >= 0.3 is 6.18 Å². The van der Waals surface area contributed by atoms with Gasteiger partial charge in [0.2, 0.25) is 0 Å². The highest BCUT2D eigenvalue weighted by Crippen LogP contribution is 2.32. The third-order valence-electron chi connectivity index (χ3n) is 3.10. The first-order chi connectivity index (χ1) is 9.90. The van der Waals surface area contributed by atoms with E-state index in [2.05, 4.69) is 5.32 Å². The Hall–Kier alpha value is -1.04. The molecule has 0 aliphatic carbocycles. The Morgan fingerprint density at radius 3 is 2.57 bits per heavy atom. The molecule has 0 radical (unpaired) electrons. The molecule has 1 atom stereocenters. The van der Waals surface area contributed by atoms with Gasteiger partial charge in [0, 0.05) is 17.3 Å². The van der Waals surface area contributed by atoms with Crippen LogP contribution in [-0.2, 0) is 12.6 Å². The molecule has 0 saturated carbocycles. The average Bonchev–Trinajstić information content (AvgIpc) is 2.83. The third-order valence-corrected chi connectivity index (χ3v) is 4.35. The van der Waals surface area contributed by atoms with Gasteiger partial charge in [0.25, 0.3) is 0 Å². The highest BCUT2D eigenvalue weighted by molar-refractivity contribution is 7.16. The van der Waals surface area contributed by atoms with E-state index >= 15 is 0 Å². The van der Waals surface area contributed by atoms with Crippen molar-refractivity contribution in [3.05, 3.63) is 56.7 Å². The van der Waals surface area contributed by atoms with E-state index in [9.17, 15) is 13.2 Å². The van der Waals surface area contributed by atoms with E-state index in [-0.39, 0.29) is 6.04 Å². The van der Waals surface area contributed by atoms with Gasteiger partial charge in [-0.25, -0.2) is 0 Å².